The largest absolute Gasteiger partial charge is 0.508 e. The molecule has 2 unspecified atom stereocenters. The maximum absolute atomic E-state index is 12.8. The van der Waals surface area contributed by atoms with Crippen LogP contribution in [0.1, 0.15) is 52.7 Å². The first-order chi connectivity index (χ1) is 15.8. The number of amides is 4. The molecule has 0 aromatic heterocycles. The van der Waals surface area contributed by atoms with E-state index >= 15 is 0 Å². The summed E-state index contributed by atoms with van der Waals surface area (Å²) in [5, 5.41) is 17.5. The third-order valence-corrected chi connectivity index (χ3v) is 6.40. The van der Waals surface area contributed by atoms with Gasteiger partial charge in [-0.25, -0.2) is 4.79 Å². The van der Waals surface area contributed by atoms with Gasteiger partial charge in [-0.15, -0.1) is 0 Å². The van der Waals surface area contributed by atoms with Crippen LogP contribution in [0.15, 0.2) is 36.4 Å². The normalized spacial score (nSPS) is 19.7. The van der Waals surface area contributed by atoms with Crippen LogP contribution in [-0.4, -0.2) is 28.7 Å². The number of anilines is 1. The van der Waals surface area contributed by atoms with Crippen molar-refractivity contribution in [1.82, 2.24) is 10.6 Å². The van der Waals surface area contributed by atoms with Gasteiger partial charge in [0.25, 0.3) is 0 Å². The van der Waals surface area contributed by atoms with Gasteiger partial charge < -0.3 is 15.7 Å². The number of hydrogen-bond donors (Lipinski definition) is 4. The molecule has 0 spiro atoms. The number of aryl methyl sites for hydroxylation is 1. The average Bonchev–Trinajstić information content (AvgIpc) is 3.09. The fourth-order valence-corrected chi connectivity index (χ4v) is 4.48. The van der Waals surface area contributed by atoms with Gasteiger partial charge in [0.2, 0.25) is 11.8 Å². The van der Waals surface area contributed by atoms with E-state index in [1.54, 1.807) is 19.1 Å². The molecule has 1 saturated heterocycles. The van der Waals surface area contributed by atoms with Gasteiger partial charge in [0, 0.05) is 36.1 Å². The quantitative estimate of drug-likeness (QED) is 0.398. The molecule has 0 bridgehead atoms. The number of phenolic OH excluding ortho intramolecular Hbond substituents is 1. The lowest BCUT2D eigenvalue weighted by Crippen LogP contribution is -2.40. The number of fused-ring (bicyclic) bond motifs is 1. The zero-order chi connectivity index (χ0) is 23.5. The number of piperidine rings is 1. The van der Waals surface area contributed by atoms with Crippen LogP contribution in [0.2, 0.25) is 0 Å². The number of rotatable bonds is 6. The lowest BCUT2D eigenvalue weighted by molar-refractivity contribution is -0.136. The first kappa shape index (κ1) is 22.5. The van der Waals surface area contributed by atoms with Crippen molar-refractivity contribution in [3.8, 4) is 5.75 Å². The molecule has 0 radical (unpaired) electrons. The first-order valence-electron chi connectivity index (χ1n) is 11.1. The van der Waals surface area contributed by atoms with E-state index in [9.17, 15) is 24.3 Å². The lowest BCUT2D eigenvalue weighted by Gasteiger charge is -2.21. The molecule has 2 aromatic rings. The van der Waals surface area contributed by atoms with Gasteiger partial charge in [0.1, 0.15) is 5.75 Å². The Morgan fingerprint density at radius 3 is 2.64 bits per heavy atom. The van der Waals surface area contributed by atoms with Gasteiger partial charge in [-0.05, 0) is 67.5 Å². The van der Waals surface area contributed by atoms with Crippen molar-refractivity contribution in [2.24, 2.45) is 11.8 Å². The molecule has 1 fully saturated rings. The highest BCUT2D eigenvalue weighted by atomic mass is 16.3. The molecule has 2 aromatic carbocycles. The second-order valence-corrected chi connectivity index (χ2v) is 8.79. The maximum atomic E-state index is 12.8. The molecule has 2 aliphatic rings. The summed E-state index contributed by atoms with van der Waals surface area (Å²) < 4.78 is 0. The third-order valence-electron chi connectivity index (χ3n) is 6.40. The van der Waals surface area contributed by atoms with Crippen LogP contribution in [0.25, 0.3) is 0 Å². The minimum absolute atomic E-state index is 0.0947. The van der Waals surface area contributed by atoms with Crippen LogP contribution in [0.5, 0.6) is 5.75 Å². The van der Waals surface area contributed by atoms with Gasteiger partial charge in [-0.2, -0.15) is 0 Å². The van der Waals surface area contributed by atoms with Gasteiger partial charge in [0.15, 0.2) is 5.78 Å². The Balaban J connectivity index is 1.30. The topological polar surface area (TPSA) is 125 Å². The molecule has 4 amide bonds. The Morgan fingerprint density at radius 1 is 1.09 bits per heavy atom. The van der Waals surface area contributed by atoms with Crippen LogP contribution in [0, 0.1) is 18.8 Å². The van der Waals surface area contributed by atoms with Gasteiger partial charge in [-0.1, -0.05) is 18.2 Å². The number of imide groups is 1. The molecule has 8 heteroatoms. The summed E-state index contributed by atoms with van der Waals surface area (Å²) in [5.41, 5.74) is 3.81. The van der Waals surface area contributed by atoms with E-state index in [4.69, 9.17) is 0 Å². The average molecular weight is 450 g/mol. The third kappa shape index (κ3) is 5.22. The number of Topliss-reactive ketones (excluding diaryl/α,β-unsaturated/α-hetero) is 1. The van der Waals surface area contributed by atoms with Gasteiger partial charge >= 0.3 is 6.03 Å². The first-order valence-corrected chi connectivity index (χ1v) is 11.1. The number of phenols is 1. The molecule has 1 heterocycles. The van der Waals surface area contributed by atoms with Gasteiger partial charge in [-0.3, -0.25) is 19.7 Å². The zero-order valence-electron chi connectivity index (χ0n) is 18.4. The molecular formula is C25H27N3O5. The Kier molecular flexibility index (Phi) is 6.44. The Morgan fingerprint density at radius 2 is 1.88 bits per heavy atom. The Labute approximate surface area is 191 Å². The van der Waals surface area contributed by atoms with Crippen molar-refractivity contribution < 1.29 is 24.3 Å². The van der Waals surface area contributed by atoms with E-state index < -0.39 is 0 Å². The smallest absolute Gasteiger partial charge is 0.319 e. The van der Waals surface area contributed by atoms with E-state index in [2.05, 4.69) is 16.0 Å². The highest BCUT2D eigenvalue weighted by Gasteiger charge is 2.33. The SMILES string of the molecule is Cc1cc(NC(=O)NCc2ccc3c(c2)CC(CCC2CCC(=O)NC2=O)C3=O)ccc1O. The van der Waals surface area contributed by atoms with E-state index in [0.717, 1.165) is 11.1 Å². The molecular weight excluding hydrogens is 422 g/mol. The molecule has 2 atom stereocenters. The van der Waals surface area contributed by atoms with Gasteiger partial charge in [0.05, 0.1) is 0 Å². The van der Waals surface area contributed by atoms with Crippen LogP contribution in [-0.2, 0) is 22.6 Å². The second kappa shape index (κ2) is 9.44. The lowest BCUT2D eigenvalue weighted by atomic mass is 9.88. The van der Waals surface area contributed by atoms with E-state index in [0.29, 0.717) is 55.5 Å². The molecule has 1 aliphatic carbocycles. The number of carbonyl (C=O) groups is 4. The van der Waals surface area contributed by atoms with Crippen molar-refractivity contribution in [2.45, 2.75) is 45.6 Å². The summed E-state index contributed by atoms with van der Waals surface area (Å²) in [7, 11) is 0. The van der Waals surface area contributed by atoms with Crippen molar-refractivity contribution in [1.29, 1.82) is 0 Å². The Hall–Kier alpha value is -3.68. The van der Waals surface area contributed by atoms with Crippen LogP contribution >= 0.6 is 0 Å². The van der Waals surface area contributed by atoms with Crippen molar-refractivity contribution >= 4 is 29.3 Å². The maximum Gasteiger partial charge on any atom is 0.319 e. The van der Waals surface area contributed by atoms with Crippen LogP contribution in [0.3, 0.4) is 0 Å². The number of carbonyl (C=O) groups excluding carboxylic acids is 4. The Bertz CT molecular complexity index is 1130. The number of ketones is 1. The summed E-state index contributed by atoms with van der Waals surface area (Å²) in [4.78, 5) is 48.3. The summed E-state index contributed by atoms with van der Waals surface area (Å²) in [6, 6.07) is 10.1. The molecule has 0 saturated carbocycles. The van der Waals surface area contributed by atoms with E-state index in [-0.39, 0.29) is 41.2 Å². The summed E-state index contributed by atoms with van der Waals surface area (Å²) in [6.45, 7) is 2.06. The van der Waals surface area contributed by atoms with Crippen molar-refractivity contribution in [2.75, 3.05) is 5.32 Å². The fourth-order valence-electron chi connectivity index (χ4n) is 4.48. The van der Waals surface area contributed by atoms with Crippen LogP contribution in [0.4, 0.5) is 10.5 Å². The predicted molar refractivity (Wildman–Crippen MR) is 122 cm³/mol. The van der Waals surface area contributed by atoms with E-state index in [1.165, 1.54) is 6.07 Å². The van der Waals surface area contributed by atoms with Crippen LogP contribution < -0.4 is 16.0 Å². The number of benzene rings is 2. The number of nitrogens with one attached hydrogen (secondary N) is 3. The molecule has 33 heavy (non-hydrogen) atoms. The predicted octanol–water partition coefficient (Wildman–Crippen LogP) is 3.21. The monoisotopic (exact) mass is 449 g/mol. The number of hydrogen-bond acceptors (Lipinski definition) is 5. The molecule has 172 valence electrons. The minimum atomic E-state index is -0.362. The highest BCUT2D eigenvalue weighted by molar-refractivity contribution is 6.02. The minimum Gasteiger partial charge on any atom is -0.508 e. The molecule has 4 N–H and O–H groups in total. The highest BCUT2D eigenvalue weighted by Crippen LogP contribution is 2.32. The van der Waals surface area contributed by atoms with E-state index in [1.807, 2.05) is 18.2 Å². The second-order valence-electron chi connectivity index (χ2n) is 8.79. The van der Waals surface area contributed by atoms with Crippen molar-refractivity contribution in [3.63, 3.8) is 0 Å². The summed E-state index contributed by atoms with van der Waals surface area (Å²) in [6.07, 6.45) is 2.72. The zero-order valence-corrected chi connectivity index (χ0v) is 18.4. The standard InChI is InChI=1S/C25H27N3O5/c1-14-10-19(6-8-21(14)29)27-25(33)26-13-15-2-7-20-18(11-15)12-17(23(20)31)4-3-16-5-9-22(30)28-24(16)32/h2,6-8,10-11,16-17,29H,3-5,9,12-13H2,1H3,(H2,26,27,33)(H,28,30,32). The van der Waals surface area contributed by atoms with Crippen molar-refractivity contribution in [3.05, 3.63) is 58.7 Å². The molecule has 8 nitrogen and oxygen atoms in total. The molecule has 4 rings (SSSR count). The summed E-state index contributed by atoms with van der Waals surface area (Å²) in [5.74, 6) is -0.567. The number of urea groups is 1. The summed E-state index contributed by atoms with van der Waals surface area (Å²) >= 11 is 0. The number of aromatic hydroxyl groups is 1. The molecule has 1 aliphatic heterocycles. The fraction of sp³-hybridized carbons (Fsp3) is 0.360.